The Morgan fingerprint density at radius 2 is 2.27 bits per heavy atom. The van der Waals surface area contributed by atoms with Gasteiger partial charge in [-0.3, -0.25) is 0 Å². The van der Waals surface area contributed by atoms with Gasteiger partial charge < -0.3 is 15.8 Å². The molecule has 0 aromatic heterocycles. The first-order valence-corrected chi connectivity index (χ1v) is 5.04. The summed E-state index contributed by atoms with van der Waals surface area (Å²) in [4.78, 5) is 0. The SMILES string of the molecule is C=C(C)CNc1cccc(OCC)c1N. The Labute approximate surface area is 90.9 Å². The Balaban J connectivity index is 2.79. The maximum Gasteiger partial charge on any atom is 0.144 e. The van der Waals surface area contributed by atoms with E-state index < -0.39 is 0 Å². The zero-order valence-electron chi connectivity index (χ0n) is 9.34. The number of nitrogens with one attached hydrogen (secondary N) is 1. The molecule has 0 fully saturated rings. The molecule has 0 bridgehead atoms. The minimum Gasteiger partial charge on any atom is -0.492 e. The van der Waals surface area contributed by atoms with Gasteiger partial charge in [-0.1, -0.05) is 18.2 Å². The molecule has 15 heavy (non-hydrogen) atoms. The summed E-state index contributed by atoms with van der Waals surface area (Å²) in [6.45, 7) is 9.07. The fourth-order valence-electron chi connectivity index (χ4n) is 1.23. The van der Waals surface area contributed by atoms with Gasteiger partial charge in [-0.15, -0.1) is 0 Å². The van der Waals surface area contributed by atoms with Crippen molar-refractivity contribution in [2.75, 3.05) is 24.2 Å². The van der Waals surface area contributed by atoms with Crippen LogP contribution in [0.4, 0.5) is 11.4 Å². The van der Waals surface area contributed by atoms with Crippen LogP contribution in [0.25, 0.3) is 0 Å². The molecule has 1 aromatic rings. The third-order valence-corrected chi connectivity index (χ3v) is 1.95. The fraction of sp³-hybridized carbons (Fsp3) is 0.333. The van der Waals surface area contributed by atoms with Gasteiger partial charge in [0.1, 0.15) is 5.75 Å². The monoisotopic (exact) mass is 206 g/mol. The Hall–Kier alpha value is -1.64. The van der Waals surface area contributed by atoms with Crippen molar-refractivity contribution in [2.24, 2.45) is 0 Å². The number of rotatable bonds is 5. The van der Waals surface area contributed by atoms with Crippen LogP contribution in [0.1, 0.15) is 13.8 Å². The van der Waals surface area contributed by atoms with Gasteiger partial charge in [-0.2, -0.15) is 0 Å². The number of hydrogen-bond acceptors (Lipinski definition) is 3. The van der Waals surface area contributed by atoms with E-state index in [0.717, 1.165) is 23.6 Å². The van der Waals surface area contributed by atoms with Crippen molar-refractivity contribution in [1.82, 2.24) is 0 Å². The molecule has 0 aliphatic carbocycles. The maximum absolute atomic E-state index is 5.94. The van der Waals surface area contributed by atoms with E-state index in [0.29, 0.717) is 12.3 Å². The van der Waals surface area contributed by atoms with E-state index in [1.54, 1.807) is 0 Å². The van der Waals surface area contributed by atoms with Crippen molar-refractivity contribution >= 4 is 11.4 Å². The summed E-state index contributed by atoms with van der Waals surface area (Å²) in [6.07, 6.45) is 0. The molecule has 0 unspecified atom stereocenters. The maximum atomic E-state index is 5.94. The molecule has 0 spiro atoms. The molecule has 3 heteroatoms. The van der Waals surface area contributed by atoms with Crippen LogP contribution in [-0.4, -0.2) is 13.2 Å². The molecule has 0 saturated carbocycles. The lowest BCUT2D eigenvalue weighted by Crippen LogP contribution is -2.06. The van der Waals surface area contributed by atoms with Gasteiger partial charge in [0.25, 0.3) is 0 Å². The van der Waals surface area contributed by atoms with Gasteiger partial charge in [-0.25, -0.2) is 0 Å². The second-order valence-electron chi connectivity index (χ2n) is 3.46. The van der Waals surface area contributed by atoms with Crippen LogP contribution in [0.2, 0.25) is 0 Å². The molecule has 1 rings (SSSR count). The number of anilines is 2. The molecule has 3 N–H and O–H groups in total. The van der Waals surface area contributed by atoms with E-state index in [2.05, 4.69) is 11.9 Å². The summed E-state index contributed by atoms with van der Waals surface area (Å²) < 4.78 is 5.40. The molecule has 0 atom stereocenters. The van der Waals surface area contributed by atoms with Gasteiger partial charge in [0, 0.05) is 6.54 Å². The number of ether oxygens (including phenoxy) is 1. The lowest BCUT2D eigenvalue weighted by Gasteiger charge is -2.12. The van der Waals surface area contributed by atoms with Crippen LogP contribution in [0.3, 0.4) is 0 Å². The van der Waals surface area contributed by atoms with E-state index in [1.165, 1.54) is 0 Å². The van der Waals surface area contributed by atoms with Crippen molar-refractivity contribution in [3.8, 4) is 5.75 Å². The van der Waals surface area contributed by atoms with Crippen LogP contribution in [-0.2, 0) is 0 Å². The summed E-state index contributed by atoms with van der Waals surface area (Å²) in [5, 5.41) is 3.21. The van der Waals surface area contributed by atoms with E-state index in [4.69, 9.17) is 10.5 Å². The average molecular weight is 206 g/mol. The standard InChI is InChI=1S/C12H18N2O/c1-4-15-11-7-5-6-10(12(11)13)14-8-9(2)3/h5-7,14H,2,4,8,13H2,1,3H3. The zero-order chi connectivity index (χ0) is 11.3. The third-order valence-electron chi connectivity index (χ3n) is 1.95. The molecular formula is C12H18N2O. The minimum atomic E-state index is 0.619. The number of hydrogen-bond donors (Lipinski definition) is 2. The first-order chi connectivity index (χ1) is 7.15. The number of nitrogen functional groups attached to an aromatic ring is 1. The van der Waals surface area contributed by atoms with Crippen molar-refractivity contribution < 1.29 is 4.74 Å². The van der Waals surface area contributed by atoms with Crippen molar-refractivity contribution in [3.63, 3.8) is 0 Å². The van der Waals surface area contributed by atoms with Crippen LogP contribution < -0.4 is 15.8 Å². The van der Waals surface area contributed by atoms with Crippen molar-refractivity contribution in [2.45, 2.75) is 13.8 Å². The minimum absolute atomic E-state index is 0.619. The van der Waals surface area contributed by atoms with Crippen molar-refractivity contribution in [1.29, 1.82) is 0 Å². The Bertz CT molecular complexity index is 347. The number of benzene rings is 1. The lowest BCUT2D eigenvalue weighted by atomic mass is 10.2. The highest BCUT2D eigenvalue weighted by atomic mass is 16.5. The second kappa shape index (κ2) is 5.29. The second-order valence-corrected chi connectivity index (χ2v) is 3.46. The van der Waals surface area contributed by atoms with Gasteiger partial charge in [-0.05, 0) is 26.0 Å². The fourth-order valence-corrected chi connectivity index (χ4v) is 1.23. The van der Waals surface area contributed by atoms with Gasteiger partial charge in [0.2, 0.25) is 0 Å². The van der Waals surface area contributed by atoms with Crippen LogP contribution in [0, 0.1) is 0 Å². The molecular weight excluding hydrogens is 188 g/mol. The van der Waals surface area contributed by atoms with Crippen LogP contribution >= 0.6 is 0 Å². The molecule has 0 amide bonds. The summed E-state index contributed by atoms with van der Waals surface area (Å²) in [5.41, 5.74) is 8.55. The smallest absolute Gasteiger partial charge is 0.144 e. The summed E-state index contributed by atoms with van der Waals surface area (Å²) in [6, 6.07) is 5.72. The van der Waals surface area contributed by atoms with E-state index >= 15 is 0 Å². The highest BCUT2D eigenvalue weighted by Crippen LogP contribution is 2.29. The summed E-state index contributed by atoms with van der Waals surface area (Å²) in [5.74, 6) is 0.726. The zero-order valence-corrected chi connectivity index (χ0v) is 9.34. The third kappa shape index (κ3) is 3.20. The van der Waals surface area contributed by atoms with Gasteiger partial charge in [0.15, 0.2) is 0 Å². The van der Waals surface area contributed by atoms with Gasteiger partial charge >= 0.3 is 0 Å². The molecule has 82 valence electrons. The Morgan fingerprint density at radius 1 is 1.53 bits per heavy atom. The molecule has 0 saturated heterocycles. The van der Waals surface area contributed by atoms with Crippen molar-refractivity contribution in [3.05, 3.63) is 30.4 Å². The summed E-state index contributed by atoms with van der Waals surface area (Å²) >= 11 is 0. The number of nitrogens with two attached hydrogens (primary N) is 1. The first kappa shape index (κ1) is 11.4. The van der Waals surface area contributed by atoms with Gasteiger partial charge in [0.05, 0.1) is 18.0 Å². The Kier molecular flexibility index (Phi) is 4.03. The van der Waals surface area contributed by atoms with E-state index in [-0.39, 0.29) is 0 Å². The molecule has 0 radical (unpaired) electrons. The van der Waals surface area contributed by atoms with E-state index in [1.807, 2.05) is 32.0 Å². The largest absolute Gasteiger partial charge is 0.492 e. The normalized spacial score (nSPS) is 9.73. The average Bonchev–Trinajstić information content (AvgIpc) is 2.19. The number of para-hydroxylation sites is 1. The first-order valence-electron chi connectivity index (χ1n) is 5.04. The molecule has 0 aliphatic rings. The lowest BCUT2D eigenvalue weighted by molar-refractivity contribution is 0.342. The Morgan fingerprint density at radius 3 is 2.87 bits per heavy atom. The summed E-state index contributed by atoms with van der Waals surface area (Å²) in [7, 11) is 0. The topological polar surface area (TPSA) is 47.3 Å². The van der Waals surface area contributed by atoms with Crippen LogP contribution in [0.5, 0.6) is 5.75 Å². The molecule has 1 aromatic carbocycles. The predicted octanol–water partition coefficient (Wildman–Crippen LogP) is 2.66. The molecule has 0 aliphatic heterocycles. The highest BCUT2D eigenvalue weighted by molar-refractivity contribution is 5.73. The molecule has 0 heterocycles. The highest BCUT2D eigenvalue weighted by Gasteiger charge is 2.04. The predicted molar refractivity (Wildman–Crippen MR) is 65.3 cm³/mol. The van der Waals surface area contributed by atoms with E-state index in [9.17, 15) is 0 Å². The van der Waals surface area contributed by atoms with Crippen LogP contribution in [0.15, 0.2) is 30.4 Å². The molecule has 3 nitrogen and oxygen atoms in total. The quantitative estimate of drug-likeness (QED) is 0.575.